The molecular formula is C10H18. The number of allylic oxidation sites excluding steroid dienone is 4. The molecule has 0 aromatic rings. The Kier molecular flexibility index (Phi) is 6.25. The lowest BCUT2D eigenvalue weighted by Gasteiger charge is -1.90. The van der Waals surface area contributed by atoms with E-state index in [0.29, 0.717) is 0 Å². The molecule has 0 aromatic carbocycles. The summed E-state index contributed by atoms with van der Waals surface area (Å²) in [6, 6.07) is 0. The fourth-order valence-corrected chi connectivity index (χ4v) is 0.676. The van der Waals surface area contributed by atoms with Crippen molar-refractivity contribution in [1.82, 2.24) is 0 Å². The van der Waals surface area contributed by atoms with Gasteiger partial charge in [0.05, 0.1) is 0 Å². The van der Waals surface area contributed by atoms with Crippen LogP contribution in [-0.4, -0.2) is 0 Å². The molecule has 0 saturated carbocycles. The molecule has 0 radical (unpaired) electrons. The Bertz CT molecular complexity index is 118. The van der Waals surface area contributed by atoms with Crippen molar-refractivity contribution in [3.05, 3.63) is 23.8 Å². The monoisotopic (exact) mass is 138 g/mol. The van der Waals surface area contributed by atoms with Crippen LogP contribution in [0.1, 0.15) is 40.0 Å². The third kappa shape index (κ3) is 5.61. The summed E-state index contributed by atoms with van der Waals surface area (Å²) in [5.41, 5.74) is 1.49. The van der Waals surface area contributed by atoms with Gasteiger partial charge in [-0.05, 0) is 26.2 Å². The maximum Gasteiger partial charge on any atom is -0.0167 e. The molecule has 0 amide bonds. The standard InChI is InChI=1S/C10H18/c1-4-6-7-8-9-10(3)5-2/h6-7,9H,4-5,8H2,1-3H3/b7-6-,10-9?. The molecule has 0 bridgehead atoms. The van der Waals surface area contributed by atoms with Crippen LogP contribution in [0.2, 0.25) is 0 Å². The van der Waals surface area contributed by atoms with Crippen molar-refractivity contribution in [3.63, 3.8) is 0 Å². The summed E-state index contributed by atoms with van der Waals surface area (Å²) in [5, 5.41) is 0. The minimum Gasteiger partial charge on any atom is -0.0885 e. The van der Waals surface area contributed by atoms with Crippen LogP contribution in [-0.2, 0) is 0 Å². The summed E-state index contributed by atoms with van der Waals surface area (Å²) in [6.45, 7) is 6.53. The van der Waals surface area contributed by atoms with Gasteiger partial charge in [0, 0.05) is 0 Å². The molecule has 0 unspecified atom stereocenters. The van der Waals surface area contributed by atoms with Gasteiger partial charge in [-0.15, -0.1) is 0 Å². The highest BCUT2D eigenvalue weighted by Crippen LogP contribution is 2.00. The van der Waals surface area contributed by atoms with Crippen LogP contribution in [0.4, 0.5) is 0 Å². The average molecular weight is 138 g/mol. The summed E-state index contributed by atoms with van der Waals surface area (Å²) in [7, 11) is 0. The first-order chi connectivity index (χ1) is 4.81. The second-order valence-corrected chi connectivity index (χ2v) is 2.52. The first kappa shape index (κ1) is 9.48. The molecule has 0 aromatic heterocycles. The molecule has 0 aliphatic rings. The van der Waals surface area contributed by atoms with Crippen molar-refractivity contribution in [2.75, 3.05) is 0 Å². The van der Waals surface area contributed by atoms with Gasteiger partial charge < -0.3 is 0 Å². The Morgan fingerprint density at radius 3 is 2.40 bits per heavy atom. The Morgan fingerprint density at radius 2 is 1.90 bits per heavy atom. The fourth-order valence-electron chi connectivity index (χ4n) is 0.676. The molecular weight excluding hydrogens is 120 g/mol. The minimum absolute atomic E-state index is 1.10. The largest absolute Gasteiger partial charge is 0.0885 e. The molecule has 58 valence electrons. The predicted molar refractivity (Wildman–Crippen MR) is 48.1 cm³/mol. The van der Waals surface area contributed by atoms with E-state index in [9.17, 15) is 0 Å². The van der Waals surface area contributed by atoms with E-state index >= 15 is 0 Å². The molecule has 0 rings (SSSR count). The zero-order valence-corrected chi connectivity index (χ0v) is 7.35. The summed E-state index contributed by atoms with van der Waals surface area (Å²) in [4.78, 5) is 0. The summed E-state index contributed by atoms with van der Waals surface area (Å²) in [5.74, 6) is 0. The lowest BCUT2D eigenvalue weighted by Crippen LogP contribution is -1.69. The fraction of sp³-hybridized carbons (Fsp3) is 0.600. The average Bonchev–Trinajstić information content (AvgIpc) is 1.98. The van der Waals surface area contributed by atoms with Gasteiger partial charge in [-0.2, -0.15) is 0 Å². The van der Waals surface area contributed by atoms with E-state index in [1.165, 1.54) is 12.0 Å². The Hall–Kier alpha value is -0.520. The first-order valence-corrected chi connectivity index (χ1v) is 4.11. The van der Waals surface area contributed by atoms with Crippen LogP contribution in [0, 0.1) is 0 Å². The molecule has 0 N–H and O–H groups in total. The van der Waals surface area contributed by atoms with Crippen LogP contribution in [0.5, 0.6) is 0 Å². The molecule has 0 spiro atoms. The van der Waals surface area contributed by atoms with Crippen LogP contribution in [0.15, 0.2) is 23.8 Å². The van der Waals surface area contributed by atoms with E-state index in [0.717, 1.165) is 12.8 Å². The second kappa shape index (κ2) is 6.60. The van der Waals surface area contributed by atoms with Gasteiger partial charge in [0.1, 0.15) is 0 Å². The van der Waals surface area contributed by atoms with E-state index in [1.807, 2.05) is 0 Å². The summed E-state index contributed by atoms with van der Waals surface area (Å²) in [6.07, 6.45) is 10.2. The molecule has 0 aliphatic carbocycles. The third-order valence-corrected chi connectivity index (χ3v) is 1.56. The van der Waals surface area contributed by atoms with Crippen molar-refractivity contribution in [3.8, 4) is 0 Å². The molecule has 0 atom stereocenters. The third-order valence-electron chi connectivity index (χ3n) is 1.56. The molecule has 0 fully saturated rings. The van der Waals surface area contributed by atoms with Crippen LogP contribution in [0.3, 0.4) is 0 Å². The lowest BCUT2D eigenvalue weighted by molar-refractivity contribution is 1.07. The lowest BCUT2D eigenvalue weighted by atomic mass is 10.2. The predicted octanol–water partition coefficient (Wildman–Crippen LogP) is 3.70. The highest BCUT2D eigenvalue weighted by atomic mass is 13.9. The Balaban J connectivity index is 3.42. The Labute approximate surface area is 64.6 Å². The molecule has 0 nitrogen and oxygen atoms in total. The van der Waals surface area contributed by atoms with E-state index in [-0.39, 0.29) is 0 Å². The number of hydrogen-bond acceptors (Lipinski definition) is 0. The summed E-state index contributed by atoms with van der Waals surface area (Å²) >= 11 is 0. The smallest absolute Gasteiger partial charge is 0.0167 e. The molecule has 0 heteroatoms. The first-order valence-electron chi connectivity index (χ1n) is 4.11. The van der Waals surface area contributed by atoms with Crippen molar-refractivity contribution in [1.29, 1.82) is 0 Å². The van der Waals surface area contributed by atoms with Gasteiger partial charge in [0.2, 0.25) is 0 Å². The van der Waals surface area contributed by atoms with Gasteiger partial charge in [0.25, 0.3) is 0 Å². The zero-order chi connectivity index (χ0) is 7.82. The van der Waals surface area contributed by atoms with Gasteiger partial charge in [-0.3, -0.25) is 0 Å². The van der Waals surface area contributed by atoms with Crippen LogP contribution in [0.25, 0.3) is 0 Å². The number of rotatable bonds is 4. The quantitative estimate of drug-likeness (QED) is 0.520. The van der Waals surface area contributed by atoms with E-state index in [2.05, 4.69) is 39.0 Å². The number of hydrogen-bond donors (Lipinski definition) is 0. The van der Waals surface area contributed by atoms with E-state index in [4.69, 9.17) is 0 Å². The highest BCUT2D eigenvalue weighted by Gasteiger charge is 1.79. The van der Waals surface area contributed by atoms with E-state index in [1.54, 1.807) is 0 Å². The normalized spacial score (nSPS) is 12.9. The van der Waals surface area contributed by atoms with Crippen molar-refractivity contribution in [2.24, 2.45) is 0 Å². The Morgan fingerprint density at radius 1 is 1.20 bits per heavy atom. The molecule has 0 saturated heterocycles. The minimum atomic E-state index is 1.10. The van der Waals surface area contributed by atoms with Gasteiger partial charge in [0.15, 0.2) is 0 Å². The van der Waals surface area contributed by atoms with Gasteiger partial charge in [-0.1, -0.05) is 37.6 Å². The van der Waals surface area contributed by atoms with Crippen molar-refractivity contribution in [2.45, 2.75) is 40.0 Å². The zero-order valence-electron chi connectivity index (χ0n) is 7.35. The summed E-state index contributed by atoms with van der Waals surface area (Å²) < 4.78 is 0. The van der Waals surface area contributed by atoms with Gasteiger partial charge in [-0.25, -0.2) is 0 Å². The van der Waals surface area contributed by atoms with Crippen LogP contribution < -0.4 is 0 Å². The van der Waals surface area contributed by atoms with Crippen LogP contribution >= 0.6 is 0 Å². The van der Waals surface area contributed by atoms with E-state index < -0.39 is 0 Å². The van der Waals surface area contributed by atoms with Crippen molar-refractivity contribution < 1.29 is 0 Å². The molecule has 10 heavy (non-hydrogen) atoms. The maximum absolute atomic E-state index is 2.28. The SMILES string of the molecule is CC/C=C\CC=C(C)CC. The molecule has 0 aliphatic heterocycles. The second-order valence-electron chi connectivity index (χ2n) is 2.52. The molecule has 0 heterocycles. The van der Waals surface area contributed by atoms with Crippen molar-refractivity contribution >= 4 is 0 Å². The topological polar surface area (TPSA) is 0 Å². The highest BCUT2D eigenvalue weighted by molar-refractivity contribution is 5.01. The van der Waals surface area contributed by atoms with Gasteiger partial charge >= 0.3 is 0 Å². The maximum atomic E-state index is 2.28.